The van der Waals surface area contributed by atoms with Crippen LogP contribution < -0.4 is 0 Å². The number of hydrogen-bond donors (Lipinski definition) is 1. The minimum Gasteiger partial charge on any atom is -0.481 e. The number of carboxylic acid groups (broad SMARTS) is 1. The summed E-state index contributed by atoms with van der Waals surface area (Å²) in [5.41, 5.74) is 3.44. The average molecular weight is 419 g/mol. The van der Waals surface area contributed by atoms with Crippen molar-refractivity contribution in [1.82, 2.24) is 9.97 Å². The molecular weight excluding hydrogens is 403 g/mol. The number of benzene rings is 2. The molecule has 0 saturated carbocycles. The quantitative estimate of drug-likeness (QED) is 0.286. The summed E-state index contributed by atoms with van der Waals surface area (Å²) in [6.45, 7) is 0. The van der Waals surface area contributed by atoms with Gasteiger partial charge in [0.15, 0.2) is 5.16 Å². The molecule has 1 heterocycles. The molecule has 0 aliphatic rings. The number of rotatable bonds is 7. The summed E-state index contributed by atoms with van der Waals surface area (Å²) in [6, 6.07) is 16.9. The molecule has 138 valence electrons. The van der Waals surface area contributed by atoms with Crippen molar-refractivity contribution in [1.29, 1.82) is 0 Å². The first-order chi connectivity index (χ1) is 13.0. The molecule has 0 bridgehead atoms. The molecule has 2 aromatic carbocycles. The van der Waals surface area contributed by atoms with Crippen LogP contribution >= 0.6 is 35.0 Å². The molecule has 0 radical (unpaired) electrons. The van der Waals surface area contributed by atoms with E-state index in [9.17, 15) is 4.79 Å². The van der Waals surface area contributed by atoms with Crippen molar-refractivity contribution in [2.24, 2.45) is 0 Å². The van der Waals surface area contributed by atoms with E-state index < -0.39 is 5.97 Å². The lowest BCUT2D eigenvalue weighted by molar-refractivity contribution is -0.137. The van der Waals surface area contributed by atoms with Crippen molar-refractivity contribution in [2.45, 2.75) is 18.0 Å². The van der Waals surface area contributed by atoms with Crippen molar-refractivity contribution in [3.8, 4) is 22.5 Å². The molecule has 0 aliphatic heterocycles. The number of aliphatic carboxylic acids is 1. The van der Waals surface area contributed by atoms with Gasteiger partial charge in [-0.25, -0.2) is 9.97 Å². The summed E-state index contributed by atoms with van der Waals surface area (Å²) in [6.07, 6.45) is 0.693. The highest BCUT2D eigenvalue weighted by atomic mass is 35.5. The second kappa shape index (κ2) is 9.22. The Balaban J connectivity index is 1.93. The van der Waals surface area contributed by atoms with Gasteiger partial charge in [-0.05, 0) is 36.8 Å². The Morgan fingerprint density at radius 1 is 0.889 bits per heavy atom. The third-order valence-electron chi connectivity index (χ3n) is 3.75. The van der Waals surface area contributed by atoms with Gasteiger partial charge in [0.2, 0.25) is 0 Å². The summed E-state index contributed by atoms with van der Waals surface area (Å²) >= 11 is 13.4. The summed E-state index contributed by atoms with van der Waals surface area (Å²) in [4.78, 5) is 19.9. The first kappa shape index (κ1) is 19.7. The van der Waals surface area contributed by atoms with E-state index in [1.54, 1.807) is 0 Å². The lowest BCUT2D eigenvalue weighted by atomic mass is 10.1. The Morgan fingerprint density at radius 2 is 1.37 bits per heavy atom. The van der Waals surface area contributed by atoms with E-state index in [1.807, 2.05) is 54.6 Å². The molecule has 7 heteroatoms. The van der Waals surface area contributed by atoms with Gasteiger partial charge in [0, 0.05) is 33.3 Å². The van der Waals surface area contributed by atoms with E-state index in [1.165, 1.54) is 11.8 Å². The number of carboxylic acids is 1. The zero-order valence-corrected chi connectivity index (χ0v) is 16.6. The standard InChI is InChI=1S/C20H16Cl2N2O2S/c21-15-7-3-13(4-8-15)17-12-18(14-5-9-16(22)10-6-14)24-20(23-17)27-11-1-2-19(25)26/h3-10,12H,1-2,11H2,(H,25,26). The van der Waals surface area contributed by atoms with Crippen LogP contribution in [-0.2, 0) is 4.79 Å². The van der Waals surface area contributed by atoms with Gasteiger partial charge >= 0.3 is 5.97 Å². The van der Waals surface area contributed by atoms with Crippen LogP contribution in [0.2, 0.25) is 10.0 Å². The molecule has 0 fully saturated rings. The van der Waals surface area contributed by atoms with E-state index >= 15 is 0 Å². The number of aromatic nitrogens is 2. The van der Waals surface area contributed by atoms with E-state index in [0.717, 1.165) is 22.5 Å². The average Bonchev–Trinajstić information content (AvgIpc) is 2.66. The molecule has 0 unspecified atom stereocenters. The molecule has 27 heavy (non-hydrogen) atoms. The second-order valence-corrected chi connectivity index (χ2v) is 7.72. The molecule has 3 aromatic rings. The van der Waals surface area contributed by atoms with Gasteiger partial charge in [0.25, 0.3) is 0 Å². The maximum absolute atomic E-state index is 10.7. The van der Waals surface area contributed by atoms with Crippen LogP contribution in [0.3, 0.4) is 0 Å². The highest BCUT2D eigenvalue weighted by molar-refractivity contribution is 7.99. The van der Waals surface area contributed by atoms with Gasteiger partial charge in [-0.1, -0.05) is 59.2 Å². The highest BCUT2D eigenvalue weighted by Crippen LogP contribution is 2.28. The zero-order chi connectivity index (χ0) is 19.2. The first-order valence-electron chi connectivity index (χ1n) is 8.27. The third-order valence-corrected chi connectivity index (χ3v) is 5.19. The Hall–Kier alpha value is -2.08. The molecule has 0 aliphatic carbocycles. The zero-order valence-electron chi connectivity index (χ0n) is 14.2. The van der Waals surface area contributed by atoms with Gasteiger partial charge in [-0.15, -0.1) is 0 Å². The first-order valence-corrected chi connectivity index (χ1v) is 10.0. The van der Waals surface area contributed by atoms with Crippen LogP contribution in [0.15, 0.2) is 59.8 Å². The molecule has 0 amide bonds. The van der Waals surface area contributed by atoms with Crippen molar-refractivity contribution in [3.63, 3.8) is 0 Å². The summed E-state index contributed by atoms with van der Waals surface area (Å²) in [5.74, 6) is -0.163. The summed E-state index contributed by atoms with van der Waals surface area (Å²) in [5, 5.41) is 10.7. The monoisotopic (exact) mass is 418 g/mol. The smallest absolute Gasteiger partial charge is 0.303 e. The molecule has 0 spiro atoms. The van der Waals surface area contributed by atoms with Crippen LogP contribution in [0, 0.1) is 0 Å². The maximum atomic E-state index is 10.7. The van der Waals surface area contributed by atoms with E-state index in [-0.39, 0.29) is 6.42 Å². The fourth-order valence-electron chi connectivity index (χ4n) is 2.41. The van der Waals surface area contributed by atoms with Crippen LogP contribution in [-0.4, -0.2) is 26.8 Å². The van der Waals surface area contributed by atoms with Crippen LogP contribution in [0.25, 0.3) is 22.5 Å². The van der Waals surface area contributed by atoms with E-state index in [0.29, 0.717) is 27.4 Å². The molecule has 0 atom stereocenters. The summed E-state index contributed by atoms with van der Waals surface area (Å²) in [7, 11) is 0. The van der Waals surface area contributed by atoms with Gasteiger partial charge in [0.05, 0.1) is 11.4 Å². The van der Waals surface area contributed by atoms with E-state index in [4.69, 9.17) is 28.3 Å². The molecule has 4 nitrogen and oxygen atoms in total. The largest absolute Gasteiger partial charge is 0.481 e. The SMILES string of the molecule is O=C(O)CCCSc1nc(-c2ccc(Cl)cc2)cc(-c2ccc(Cl)cc2)n1. The Morgan fingerprint density at radius 3 is 1.81 bits per heavy atom. The minimum absolute atomic E-state index is 0.133. The molecule has 3 rings (SSSR count). The molecule has 1 aromatic heterocycles. The highest BCUT2D eigenvalue weighted by Gasteiger charge is 2.10. The second-order valence-electron chi connectivity index (χ2n) is 5.78. The fraction of sp³-hybridized carbons (Fsp3) is 0.150. The van der Waals surface area contributed by atoms with Crippen LogP contribution in [0.1, 0.15) is 12.8 Å². The van der Waals surface area contributed by atoms with Gasteiger partial charge in [0.1, 0.15) is 0 Å². The minimum atomic E-state index is -0.798. The van der Waals surface area contributed by atoms with E-state index in [2.05, 4.69) is 9.97 Å². The van der Waals surface area contributed by atoms with Crippen molar-refractivity contribution in [3.05, 3.63) is 64.6 Å². The normalized spacial score (nSPS) is 10.7. The van der Waals surface area contributed by atoms with Gasteiger partial charge in [-0.2, -0.15) is 0 Å². The number of halogens is 2. The van der Waals surface area contributed by atoms with Crippen molar-refractivity contribution < 1.29 is 9.90 Å². The van der Waals surface area contributed by atoms with Gasteiger partial charge < -0.3 is 5.11 Å². The molecular formula is C20H16Cl2N2O2S. The predicted molar refractivity (Wildman–Crippen MR) is 111 cm³/mol. The maximum Gasteiger partial charge on any atom is 0.303 e. The number of carbonyl (C=O) groups is 1. The van der Waals surface area contributed by atoms with Crippen LogP contribution in [0.4, 0.5) is 0 Å². The molecule has 1 N–H and O–H groups in total. The van der Waals surface area contributed by atoms with Crippen molar-refractivity contribution in [2.75, 3.05) is 5.75 Å². The molecule has 0 saturated heterocycles. The number of thioether (sulfide) groups is 1. The Labute approximate surface area is 171 Å². The predicted octanol–water partition coefficient (Wildman–Crippen LogP) is 6.07. The van der Waals surface area contributed by atoms with Crippen molar-refractivity contribution >= 4 is 40.9 Å². The lowest BCUT2D eigenvalue weighted by Crippen LogP contribution is -1.97. The Bertz CT molecular complexity index is 868. The number of nitrogens with zero attached hydrogens (tertiary/aromatic N) is 2. The lowest BCUT2D eigenvalue weighted by Gasteiger charge is -2.09. The summed E-state index contributed by atoms with van der Waals surface area (Å²) < 4.78 is 0. The Kier molecular flexibility index (Phi) is 6.72. The van der Waals surface area contributed by atoms with Crippen LogP contribution in [0.5, 0.6) is 0 Å². The number of hydrogen-bond acceptors (Lipinski definition) is 4. The fourth-order valence-corrected chi connectivity index (χ4v) is 3.46. The topological polar surface area (TPSA) is 63.1 Å². The third kappa shape index (κ3) is 5.70. The van der Waals surface area contributed by atoms with Gasteiger partial charge in [-0.3, -0.25) is 4.79 Å².